The molecule has 2 aromatic rings. The van der Waals surface area contributed by atoms with Crippen LogP contribution in [0, 0.1) is 0 Å². The van der Waals surface area contributed by atoms with Gasteiger partial charge in [-0.05, 0) is 36.4 Å². The summed E-state index contributed by atoms with van der Waals surface area (Å²) in [6, 6.07) is 12.8. The SMILES string of the molecule is COC(=O)c1ccc(N2C(=O)C(Cl)=C(Nc3ccccc3OC)C2=O)cc1. The largest absolute Gasteiger partial charge is 0.495 e. The van der Waals surface area contributed by atoms with Crippen LogP contribution < -0.4 is 15.0 Å². The van der Waals surface area contributed by atoms with E-state index >= 15 is 0 Å². The lowest BCUT2D eigenvalue weighted by molar-refractivity contribution is -0.120. The third kappa shape index (κ3) is 3.37. The normalized spacial score (nSPS) is 13.8. The molecule has 0 aliphatic carbocycles. The van der Waals surface area contributed by atoms with E-state index < -0.39 is 17.8 Å². The van der Waals surface area contributed by atoms with Crippen LogP contribution in [0.2, 0.25) is 0 Å². The van der Waals surface area contributed by atoms with Gasteiger partial charge in [-0.3, -0.25) is 9.59 Å². The van der Waals surface area contributed by atoms with Gasteiger partial charge >= 0.3 is 5.97 Å². The quantitative estimate of drug-likeness (QED) is 0.628. The maximum absolute atomic E-state index is 12.8. The maximum Gasteiger partial charge on any atom is 0.337 e. The first kappa shape index (κ1) is 18.5. The molecule has 138 valence electrons. The van der Waals surface area contributed by atoms with Gasteiger partial charge in [-0.25, -0.2) is 9.69 Å². The van der Waals surface area contributed by atoms with Crippen LogP contribution in [-0.4, -0.2) is 32.0 Å². The number of hydrogen-bond acceptors (Lipinski definition) is 6. The first-order valence-corrected chi connectivity index (χ1v) is 8.22. The second kappa shape index (κ2) is 7.51. The van der Waals surface area contributed by atoms with Gasteiger partial charge in [0.15, 0.2) is 0 Å². The molecule has 0 unspecified atom stereocenters. The van der Waals surface area contributed by atoms with Crippen LogP contribution in [0.5, 0.6) is 5.75 Å². The molecular formula is C19H15ClN2O5. The summed E-state index contributed by atoms with van der Waals surface area (Å²) in [7, 11) is 2.76. The minimum absolute atomic E-state index is 0.0526. The molecule has 0 spiro atoms. The Bertz CT molecular complexity index is 953. The number of anilines is 2. The number of carbonyl (C=O) groups excluding carboxylic acids is 3. The highest BCUT2D eigenvalue weighted by Gasteiger charge is 2.39. The second-order valence-corrected chi connectivity index (χ2v) is 5.88. The fourth-order valence-electron chi connectivity index (χ4n) is 2.59. The number of halogens is 1. The van der Waals surface area contributed by atoms with Crippen molar-refractivity contribution in [1.82, 2.24) is 0 Å². The Hall–Kier alpha value is -3.32. The van der Waals surface area contributed by atoms with Gasteiger partial charge in [-0.15, -0.1) is 0 Å². The molecule has 0 fully saturated rings. The summed E-state index contributed by atoms with van der Waals surface area (Å²) in [5.74, 6) is -1.29. The topological polar surface area (TPSA) is 84.9 Å². The van der Waals surface area contributed by atoms with Crippen molar-refractivity contribution < 1.29 is 23.9 Å². The molecule has 0 atom stereocenters. The Morgan fingerprint density at radius 3 is 2.30 bits per heavy atom. The van der Waals surface area contributed by atoms with Crippen molar-refractivity contribution in [2.45, 2.75) is 0 Å². The number of benzene rings is 2. The van der Waals surface area contributed by atoms with Crippen LogP contribution >= 0.6 is 11.6 Å². The molecule has 0 radical (unpaired) electrons. The molecule has 2 amide bonds. The highest BCUT2D eigenvalue weighted by molar-refractivity contribution is 6.53. The first-order chi connectivity index (χ1) is 13.0. The number of rotatable bonds is 5. The van der Waals surface area contributed by atoms with E-state index in [0.717, 1.165) is 4.90 Å². The molecule has 0 saturated heterocycles. The highest BCUT2D eigenvalue weighted by Crippen LogP contribution is 2.32. The second-order valence-electron chi connectivity index (χ2n) is 5.50. The lowest BCUT2D eigenvalue weighted by Gasteiger charge is -2.16. The minimum Gasteiger partial charge on any atom is -0.495 e. The molecule has 0 saturated carbocycles. The molecule has 0 aromatic heterocycles. The van der Waals surface area contributed by atoms with Crippen molar-refractivity contribution in [3.8, 4) is 5.75 Å². The monoisotopic (exact) mass is 386 g/mol. The van der Waals surface area contributed by atoms with E-state index in [4.69, 9.17) is 16.3 Å². The molecular weight excluding hydrogens is 372 g/mol. The number of nitrogens with zero attached hydrogens (tertiary/aromatic N) is 1. The van der Waals surface area contributed by atoms with Crippen LogP contribution in [0.3, 0.4) is 0 Å². The summed E-state index contributed by atoms with van der Waals surface area (Å²) < 4.78 is 9.86. The lowest BCUT2D eigenvalue weighted by atomic mass is 10.2. The number of amides is 2. The molecule has 1 aliphatic rings. The van der Waals surface area contributed by atoms with Crippen molar-refractivity contribution in [3.05, 3.63) is 64.8 Å². The molecule has 3 rings (SSSR count). The Balaban J connectivity index is 1.89. The summed E-state index contributed by atoms with van der Waals surface area (Å²) in [5, 5.41) is 2.63. The van der Waals surface area contributed by atoms with Gasteiger partial charge in [0.1, 0.15) is 16.5 Å². The highest BCUT2D eigenvalue weighted by atomic mass is 35.5. The average Bonchev–Trinajstić information content (AvgIpc) is 2.91. The molecule has 2 aromatic carbocycles. The van der Waals surface area contributed by atoms with E-state index in [0.29, 0.717) is 17.0 Å². The van der Waals surface area contributed by atoms with Gasteiger partial charge in [0, 0.05) is 0 Å². The number of ether oxygens (including phenoxy) is 2. The molecule has 1 N–H and O–H groups in total. The lowest BCUT2D eigenvalue weighted by Crippen LogP contribution is -2.32. The van der Waals surface area contributed by atoms with E-state index in [2.05, 4.69) is 10.1 Å². The third-order valence-corrected chi connectivity index (χ3v) is 4.29. The van der Waals surface area contributed by atoms with Gasteiger partial charge in [0.05, 0.1) is 31.2 Å². The van der Waals surface area contributed by atoms with Gasteiger partial charge in [-0.1, -0.05) is 23.7 Å². The van der Waals surface area contributed by atoms with Gasteiger partial charge in [-0.2, -0.15) is 0 Å². The number of hydrogen-bond donors (Lipinski definition) is 1. The average molecular weight is 387 g/mol. The van der Waals surface area contributed by atoms with E-state index in [-0.39, 0.29) is 16.4 Å². The number of carbonyl (C=O) groups is 3. The van der Waals surface area contributed by atoms with E-state index in [1.165, 1.54) is 38.5 Å². The fraction of sp³-hybridized carbons (Fsp3) is 0.105. The number of para-hydroxylation sites is 2. The first-order valence-electron chi connectivity index (χ1n) is 7.85. The summed E-state index contributed by atoms with van der Waals surface area (Å²) >= 11 is 6.11. The summed E-state index contributed by atoms with van der Waals surface area (Å²) in [5.41, 5.74) is 1.03. The van der Waals surface area contributed by atoms with Gasteiger partial charge in [0.2, 0.25) is 0 Å². The molecule has 0 bridgehead atoms. The van der Waals surface area contributed by atoms with Crippen LogP contribution in [0.1, 0.15) is 10.4 Å². The summed E-state index contributed by atoms with van der Waals surface area (Å²) in [6.45, 7) is 0. The smallest absolute Gasteiger partial charge is 0.337 e. The number of nitrogens with one attached hydrogen (secondary N) is 1. The van der Waals surface area contributed by atoms with Crippen LogP contribution in [0.4, 0.5) is 11.4 Å². The number of imide groups is 1. The van der Waals surface area contributed by atoms with Crippen molar-refractivity contribution in [2.75, 3.05) is 24.4 Å². The van der Waals surface area contributed by atoms with Crippen molar-refractivity contribution in [3.63, 3.8) is 0 Å². The zero-order chi connectivity index (χ0) is 19.6. The summed E-state index contributed by atoms with van der Waals surface area (Å²) in [6.07, 6.45) is 0. The van der Waals surface area contributed by atoms with Crippen molar-refractivity contribution in [2.24, 2.45) is 0 Å². The van der Waals surface area contributed by atoms with Crippen molar-refractivity contribution >= 4 is 40.8 Å². The Labute approximate surface area is 160 Å². The summed E-state index contributed by atoms with van der Waals surface area (Å²) in [4.78, 5) is 37.7. The predicted octanol–water partition coefficient (Wildman–Crippen LogP) is 2.92. The van der Waals surface area contributed by atoms with Gasteiger partial charge in [0.25, 0.3) is 11.8 Å². The fourth-order valence-corrected chi connectivity index (χ4v) is 2.81. The van der Waals surface area contributed by atoms with Gasteiger partial charge < -0.3 is 14.8 Å². The van der Waals surface area contributed by atoms with Crippen LogP contribution in [0.15, 0.2) is 59.3 Å². The minimum atomic E-state index is -0.662. The Morgan fingerprint density at radius 2 is 1.67 bits per heavy atom. The molecule has 8 heteroatoms. The Morgan fingerprint density at radius 1 is 1.00 bits per heavy atom. The van der Waals surface area contributed by atoms with E-state index in [9.17, 15) is 14.4 Å². The van der Waals surface area contributed by atoms with Crippen LogP contribution in [-0.2, 0) is 14.3 Å². The molecule has 27 heavy (non-hydrogen) atoms. The van der Waals surface area contributed by atoms with E-state index in [1.54, 1.807) is 24.3 Å². The zero-order valence-electron chi connectivity index (χ0n) is 14.5. The molecule has 7 nitrogen and oxygen atoms in total. The molecule has 1 aliphatic heterocycles. The maximum atomic E-state index is 12.8. The van der Waals surface area contributed by atoms with E-state index in [1.807, 2.05) is 0 Å². The standard InChI is InChI=1S/C19H15ClN2O5/c1-26-14-6-4-3-5-13(14)21-16-15(20)17(23)22(18(16)24)12-9-7-11(8-10-12)19(25)27-2/h3-10,21H,1-2H3. The van der Waals surface area contributed by atoms with Crippen LogP contribution in [0.25, 0.3) is 0 Å². The Kier molecular flexibility index (Phi) is 5.14. The zero-order valence-corrected chi connectivity index (χ0v) is 15.2. The van der Waals surface area contributed by atoms with Crippen molar-refractivity contribution in [1.29, 1.82) is 0 Å². The molecule has 1 heterocycles. The number of methoxy groups -OCH3 is 2. The predicted molar refractivity (Wildman–Crippen MR) is 99.8 cm³/mol. The number of esters is 1. The third-order valence-electron chi connectivity index (χ3n) is 3.94.